The van der Waals surface area contributed by atoms with Crippen LogP contribution in [0.25, 0.3) is 10.8 Å². The molecule has 0 saturated heterocycles. The molecule has 2 N–H and O–H groups in total. The topological polar surface area (TPSA) is 89.0 Å². The highest BCUT2D eigenvalue weighted by Crippen LogP contribution is 2.30. The van der Waals surface area contributed by atoms with Crippen molar-refractivity contribution in [3.05, 3.63) is 53.3 Å². The van der Waals surface area contributed by atoms with Crippen molar-refractivity contribution in [3.8, 4) is 16.6 Å². The van der Waals surface area contributed by atoms with Crippen LogP contribution in [-0.4, -0.2) is 27.5 Å². The molecule has 7 nitrogen and oxygen atoms in total. The van der Waals surface area contributed by atoms with E-state index >= 15 is 0 Å². The minimum Gasteiger partial charge on any atom is -0.482 e. The van der Waals surface area contributed by atoms with Crippen LogP contribution in [0.3, 0.4) is 0 Å². The summed E-state index contributed by atoms with van der Waals surface area (Å²) in [5, 5.41) is 9.10. The van der Waals surface area contributed by atoms with Crippen molar-refractivity contribution in [1.29, 1.82) is 0 Å². The number of aromatic nitrogens is 3. The molecule has 26 heavy (non-hydrogen) atoms. The van der Waals surface area contributed by atoms with Gasteiger partial charge in [-0.05, 0) is 30.7 Å². The van der Waals surface area contributed by atoms with Crippen molar-refractivity contribution in [3.63, 3.8) is 0 Å². The zero-order chi connectivity index (χ0) is 17.9. The van der Waals surface area contributed by atoms with Crippen LogP contribution in [0, 0.1) is 0 Å². The van der Waals surface area contributed by atoms with E-state index in [1.807, 2.05) is 23.6 Å². The Morgan fingerprint density at radius 3 is 3.04 bits per heavy atom. The van der Waals surface area contributed by atoms with Gasteiger partial charge in [0, 0.05) is 30.4 Å². The smallest absolute Gasteiger partial charge is 0.262 e. The summed E-state index contributed by atoms with van der Waals surface area (Å²) in [6.07, 6.45) is 3.42. The third kappa shape index (κ3) is 3.56. The lowest BCUT2D eigenvalue weighted by molar-refractivity contribution is -0.118. The first-order valence-electron chi connectivity index (χ1n) is 8.21. The van der Waals surface area contributed by atoms with Gasteiger partial charge in [-0.25, -0.2) is 15.0 Å². The fourth-order valence-corrected chi connectivity index (χ4v) is 3.41. The summed E-state index contributed by atoms with van der Waals surface area (Å²) >= 11 is 1.53. The first kappa shape index (κ1) is 16.6. The Morgan fingerprint density at radius 1 is 1.35 bits per heavy atom. The van der Waals surface area contributed by atoms with E-state index < -0.39 is 0 Å². The predicted octanol–water partition coefficient (Wildman–Crippen LogP) is 2.78. The zero-order valence-electron chi connectivity index (χ0n) is 14.1. The summed E-state index contributed by atoms with van der Waals surface area (Å²) in [5.74, 6) is 1.21. The maximum absolute atomic E-state index is 11.5. The average molecular weight is 367 g/mol. The van der Waals surface area contributed by atoms with E-state index in [1.165, 1.54) is 11.3 Å². The fraction of sp³-hybridized carbons (Fsp3) is 0.222. The van der Waals surface area contributed by atoms with Crippen LogP contribution < -0.4 is 15.4 Å². The maximum atomic E-state index is 11.5. The van der Waals surface area contributed by atoms with Crippen molar-refractivity contribution in [2.45, 2.75) is 19.5 Å². The Labute approximate surface area is 154 Å². The monoisotopic (exact) mass is 367 g/mol. The molecule has 1 amide bonds. The summed E-state index contributed by atoms with van der Waals surface area (Å²) in [6.45, 7) is 2.77. The maximum Gasteiger partial charge on any atom is 0.262 e. The number of carbonyl (C=O) groups is 1. The third-order valence-corrected chi connectivity index (χ3v) is 4.92. The van der Waals surface area contributed by atoms with Gasteiger partial charge in [0.15, 0.2) is 17.4 Å². The van der Waals surface area contributed by atoms with E-state index in [2.05, 4.69) is 32.5 Å². The van der Waals surface area contributed by atoms with Gasteiger partial charge in [0.2, 0.25) is 0 Å². The summed E-state index contributed by atoms with van der Waals surface area (Å²) < 4.78 is 5.39. The Hall–Kier alpha value is -2.84. The van der Waals surface area contributed by atoms with Crippen molar-refractivity contribution in [2.75, 3.05) is 11.9 Å². The van der Waals surface area contributed by atoms with Gasteiger partial charge in [-0.3, -0.25) is 4.79 Å². The van der Waals surface area contributed by atoms with E-state index in [0.29, 0.717) is 23.8 Å². The minimum absolute atomic E-state index is 0.0669. The number of nitrogens with one attached hydrogen (secondary N) is 2. The van der Waals surface area contributed by atoms with Crippen LogP contribution in [-0.2, 0) is 11.3 Å². The van der Waals surface area contributed by atoms with E-state index in [-0.39, 0.29) is 18.6 Å². The number of hydrogen-bond acceptors (Lipinski definition) is 7. The summed E-state index contributed by atoms with van der Waals surface area (Å²) in [7, 11) is 0. The molecule has 4 rings (SSSR count). The van der Waals surface area contributed by atoms with Gasteiger partial charge in [0.25, 0.3) is 5.91 Å². The number of hydrogen-bond donors (Lipinski definition) is 2. The number of benzene rings is 1. The molecule has 2 aromatic heterocycles. The summed E-state index contributed by atoms with van der Waals surface area (Å²) in [5.41, 5.74) is 2.72. The van der Waals surface area contributed by atoms with Gasteiger partial charge in [0.05, 0.1) is 11.4 Å². The van der Waals surface area contributed by atoms with Crippen LogP contribution in [0.5, 0.6) is 5.75 Å². The molecule has 0 radical (unpaired) electrons. The Bertz CT molecular complexity index is 928. The Balaban J connectivity index is 1.41. The number of rotatable bonds is 5. The molecule has 0 fully saturated rings. The largest absolute Gasteiger partial charge is 0.482 e. The van der Waals surface area contributed by atoms with Crippen molar-refractivity contribution < 1.29 is 9.53 Å². The number of amides is 1. The second-order valence-corrected chi connectivity index (χ2v) is 6.77. The van der Waals surface area contributed by atoms with Gasteiger partial charge in [-0.15, -0.1) is 11.3 Å². The highest BCUT2D eigenvalue weighted by Gasteiger charge is 2.17. The predicted molar refractivity (Wildman–Crippen MR) is 99.0 cm³/mol. The summed E-state index contributed by atoms with van der Waals surface area (Å²) in [6, 6.07) is 7.70. The van der Waals surface area contributed by atoms with Gasteiger partial charge < -0.3 is 15.4 Å². The van der Waals surface area contributed by atoms with Gasteiger partial charge in [-0.1, -0.05) is 6.07 Å². The number of carbonyl (C=O) groups excluding carboxylic acids is 1. The third-order valence-electron chi connectivity index (χ3n) is 4.03. The lowest BCUT2D eigenvalue weighted by Crippen LogP contribution is -2.26. The normalized spacial score (nSPS) is 14.3. The van der Waals surface area contributed by atoms with E-state index in [0.717, 1.165) is 16.3 Å². The molecule has 8 heteroatoms. The van der Waals surface area contributed by atoms with Crippen LogP contribution in [0.15, 0.2) is 42.0 Å². The molecule has 0 saturated carbocycles. The first-order valence-corrected chi connectivity index (χ1v) is 9.09. The highest BCUT2D eigenvalue weighted by atomic mass is 32.1. The fourth-order valence-electron chi connectivity index (χ4n) is 2.65. The minimum atomic E-state index is -0.131. The van der Waals surface area contributed by atoms with Crippen LogP contribution >= 0.6 is 11.3 Å². The first-order chi connectivity index (χ1) is 12.7. The van der Waals surface area contributed by atoms with E-state index in [9.17, 15) is 4.79 Å². The number of nitrogens with zero attached hydrogens (tertiary/aromatic N) is 3. The molecule has 0 bridgehead atoms. The van der Waals surface area contributed by atoms with E-state index in [1.54, 1.807) is 18.5 Å². The van der Waals surface area contributed by atoms with Crippen LogP contribution in [0.4, 0.5) is 5.69 Å². The molecule has 3 aromatic rings. The number of anilines is 1. The molecule has 0 unspecified atom stereocenters. The van der Waals surface area contributed by atoms with Crippen molar-refractivity contribution in [1.82, 2.24) is 20.3 Å². The van der Waals surface area contributed by atoms with Crippen LogP contribution in [0.1, 0.15) is 24.2 Å². The van der Waals surface area contributed by atoms with E-state index in [4.69, 9.17) is 4.74 Å². The zero-order valence-corrected chi connectivity index (χ0v) is 14.9. The lowest BCUT2D eigenvalue weighted by atomic mass is 10.1. The molecular weight excluding hydrogens is 350 g/mol. The van der Waals surface area contributed by atoms with Crippen molar-refractivity contribution >= 4 is 22.9 Å². The molecule has 0 aliphatic carbocycles. The molecule has 1 aromatic carbocycles. The number of ether oxygens (including phenoxy) is 1. The molecule has 132 valence electrons. The van der Waals surface area contributed by atoms with Crippen LogP contribution in [0.2, 0.25) is 0 Å². The summed E-state index contributed by atoms with van der Waals surface area (Å²) in [4.78, 5) is 24.5. The quantitative estimate of drug-likeness (QED) is 0.721. The molecular formula is C18H17N5O2S. The number of thiazole rings is 1. The Kier molecular flexibility index (Phi) is 4.59. The molecule has 0 spiro atoms. The molecule has 3 heterocycles. The number of fused-ring (bicyclic) bond motifs is 1. The lowest BCUT2D eigenvalue weighted by Gasteiger charge is -2.20. The SMILES string of the molecule is C[C@H](NCc1csc(-c2ncccn2)n1)c1ccc2c(c1)NC(=O)CO2. The van der Waals surface area contributed by atoms with Crippen molar-refractivity contribution in [2.24, 2.45) is 0 Å². The Morgan fingerprint density at radius 2 is 2.19 bits per heavy atom. The molecule has 1 aliphatic heterocycles. The van der Waals surface area contributed by atoms with Gasteiger partial charge >= 0.3 is 0 Å². The highest BCUT2D eigenvalue weighted by molar-refractivity contribution is 7.13. The molecule has 1 aliphatic rings. The second kappa shape index (κ2) is 7.19. The van der Waals surface area contributed by atoms with Gasteiger partial charge in [-0.2, -0.15) is 0 Å². The van der Waals surface area contributed by atoms with Gasteiger partial charge in [0.1, 0.15) is 5.75 Å². The average Bonchev–Trinajstić information content (AvgIpc) is 3.15. The molecule has 1 atom stereocenters. The standard InChI is InChI=1S/C18H17N5O2S/c1-11(12-3-4-15-14(7-12)23-16(24)9-25-15)21-8-13-10-26-18(22-13)17-19-5-2-6-20-17/h2-7,10-11,21H,8-9H2,1H3,(H,23,24)/t11-/m0/s1. The second-order valence-electron chi connectivity index (χ2n) is 5.91.